The highest BCUT2D eigenvalue weighted by molar-refractivity contribution is 5.71. The second-order valence-electron chi connectivity index (χ2n) is 3.25. The number of rotatable bonds is 1. The molecule has 72 valence electrons. The summed E-state index contributed by atoms with van der Waals surface area (Å²) >= 11 is 0. The van der Waals surface area contributed by atoms with Crippen LogP contribution in [0.15, 0.2) is 18.2 Å². The molecule has 0 spiro atoms. The van der Waals surface area contributed by atoms with E-state index in [-0.39, 0.29) is 0 Å². The van der Waals surface area contributed by atoms with Crippen LogP contribution in [0.1, 0.15) is 18.3 Å². The van der Waals surface area contributed by atoms with Gasteiger partial charge in [0.1, 0.15) is 5.52 Å². The lowest BCUT2D eigenvalue weighted by Crippen LogP contribution is -2.33. The molecule has 0 saturated heterocycles. The molecule has 2 rings (SSSR count). The normalized spacial score (nSPS) is 10.7. The average molecular weight is 189 g/mol. The van der Waals surface area contributed by atoms with Crippen molar-refractivity contribution in [3.8, 4) is 0 Å². The van der Waals surface area contributed by atoms with E-state index in [1.165, 1.54) is 0 Å². The van der Waals surface area contributed by atoms with Gasteiger partial charge in [0.05, 0.1) is 0 Å². The van der Waals surface area contributed by atoms with Crippen LogP contribution in [0.5, 0.6) is 0 Å². The third kappa shape index (κ3) is 1.39. The molecule has 0 fully saturated rings. The molecule has 0 unspecified atom stereocenters. The van der Waals surface area contributed by atoms with Crippen LogP contribution < -0.4 is 4.85 Å². The fourth-order valence-corrected chi connectivity index (χ4v) is 1.35. The van der Waals surface area contributed by atoms with E-state index in [1.807, 2.05) is 26.0 Å². The van der Waals surface area contributed by atoms with Gasteiger partial charge in [-0.2, -0.15) is 0 Å². The number of aromatic nitrogens is 3. The van der Waals surface area contributed by atoms with Crippen molar-refractivity contribution in [3.63, 3.8) is 0 Å². The number of fused-ring (bicyclic) bond motifs is 1. The Kier molecular flexibility index (Phi) is 2.04. The summed E-state index contributed by atoms with van der Waals surface area (Å²) in [6.45, 7) is 3.90. The van der Waals surface area contributed by atoms with Gasteiger partial charge in [-0.1, -0.05) is 13.0 Å². The molecule has 1 heterocycles. The van der Waals surface area contributed by atoms with Gasteiger partial charge in [-0.15, -0.1) is 0 Å². The van der Waals surface area contributed by atoms with Gasteiger partial charge in [0.25, 0.3) is 5.52 Å². The number of hydrogen-bond acceptors (Lipinski definition) is 3. The molecular weight excluding hydrogens is 178 g/mol. The van der Waals surface area contributed by atoms with Crippen molar-refractivity contribution in [3.05, 3.63) is 34.8 Å². The van der Waals surface area contributed by atoms with E-state index in [0.29, 0.717) is 28.1 Å². The molecule has 0 radical (unpaired) electrons. The molecule has 0 bridgehead atoms. The van der Waals surface area contributed by atoms with E-state index in [2.05, 4.69) is 10.1 Å². The molecule has 0 aliphatic heterocycles. The predicted molar refractivity (Wildman–Crippen MR) is 52.6 cm³/mol. The van der Waals surface area contributed by atoms with Crippen LogP contribution in [0.4, 0.5) is 0 Å². The first-order chi connectivity index (χ1) is 6.70. The quantitative estimate of drug-likeness (QED) is 0.499. The van der Waals surface area contributed by atoms with Gasteiger partial charge in [0.15, 0.2) is 5.82 Å². The predicted octanol–water partition coefficient (Wildman–Crippen LogP) is 1.13. The van der Waals surface area contributed by atoms with E-state index in [1.54, 1.807) is 6.07 Å². The Morgan fingerprint density at radius 1 is 1.43 bits per heavy atom. The van der Waals surface area contributed by atoms with Crippen molar-refractivity contribution in [2.75, 3.05) is 0 Å². The largest absolute Gasteiger partial charge is 0.594 e. The van der Waals surface area contributed by atoms with Gasteiger partial charge in [-0.05, 0) is 23.4 Å². The van der Waals surface area contributed by atoms with Crippen molar-refractivity contribution in [2.45, 2.75) is 20.3 Å². The minimum absolute atomic E-state index is 0.521. The summed E-state index contributed by atoms with van der Waals surface area (Å²) in [5, 5.41) is 15.2. The van der Waals surface area contributed by atoms with Crippen LogP contribution in [-0.4, -0.2) is 10.1 Å². The zero-order valence-corrected chi connectivity index (χ0v) is 8.19. The monoisotopic (exact) mass is 189 g/mol. The minimum Gasteiger partial charge on any atom is -0.594 e. The Hall–Kier alpha value is -1.71. The fourth-order valence-electron chi connectivity index (χ4n) is 1.35. The minimum atomic E-state index is 0.521. The molecule has 0 N–H and O–H groups in total. The van der Waals surface area contributed by atoms with Crippen molar-refractivity contribution in [1.82, 2.24) is 10.1 Å². The Morgan fingerprint density at radius 3 is 2.93 bits per heavy atom. The summed E-state index contributed by atoms with van der Waals surface area (Å²) in [6.07, 6.45) is 0.673. The number of benzene rings is 1. The summed E-state index contributed by atoms with van der Waals surface area (Å²) in [6, 6.07) is 5.52. The second kappa shape index (κ2) is 3.21. The molecular formula is C10H11N3O. The van der Waals surface area contributed by atoms with E-state index in [4.69, 9.17) is 0 Å². The SMILES string of the molecule is CCc1nc2cc(C)ccc2[n+]([O-])n1. The van der Waals surface area contributed by atoms with Gasteiger partial charge >= 0.3 is 0 Å². The maximum Gasteiger partial charge on any atom is 0.270 e. The summed E-state index contributed by atoms with van der Waals surface area (Å²) in [4.78, 5) is 4.92. The van der Waals surface area contributed by atoms with Crippen LogP contribution in [0, 0.1) is 12.1 Å². The summed E-state index contributed by atoms with van der Waals surface area (Å²) in [5.74, 6) is 0.582. The standard InChI is InChI=1S/C10H11N3O/c1-3-10-11-8-6-7(2)4-5-9(8)13(14)12-10/h4-6H,3H2,1-2H3. The third-order valence-corrected chi connectivity index (χ3v) is 2.11. The number of nitrogens with zero attached hydrogens (tertiary/aromatic N) is 3. The van der Waals surface area contributed by atoms with Crippen molar-refractivity contribution < 1.29 is 4.85 Å². The van der Waals surface area contributed by atoms with Crippen LogP contribution in [0.25, 0.3) is 11.0 Å². The van der Waals surface area contributed by atoms with Gasteiger partial charge in [-0.3, -0.25) is 0 Å². The molecule has 1 aromatic heterocycles. The maximum absolute atomic E-state index is 11.4. The van der Waals surface area contributed by atoms with Crippen molar-refractivity contribution in [1.29, 1.82) is 0 Å². The lowest BCUT2D eigenvalue weighted by molar-refractivity contribution is -0.644. The molecule has 0 saturated carbocycles. The molecule has 0 aliphatic rings. The molecule has 0 atom stereocenters. The molecule has 0 amide bonds. The maximum atomic E-state index is 11.4. The van der Waals surface area contributed by atoms with E-state index in [0.717, 1.165) is 5.56 Å². The third-order valence-electron chi connectivity index (χ3n) is 2.11. The molecule has 1 aromatic carbocycles. The van der Waals surface area contributed by atoms with Gasteiger partial charge < -0.3 is 5.21 Å². The fraction of sp³-hybridized carbons (Fsp3) is 0.300. The molecule has 4 heteroatoms. The highest BCUT2D eigenvalue weighted by atomic mass is 16.5. The molecule has 4 nitrogen and oxygen atoms in total. The highest BCUT2D eigenvalue weighted by Crippen LogP contribution is 2.09. The molecule has 14 heavy (non-hydrogen) atoms. The zero-order valence-electron chi connectivity index (χ0n) is 8.19. The smallest absolute Gasteiger partial charge is 0.270 e. The van der Waals surface area contributed by atoms with Gasteiger partial charge in [-0.25, -0.2) is 4.98 Å². The first-order valence-corrected chi connectivity index (χ1v) is 4.58. The Labute approximate surface area is 81.8 Å². The first-order valence-electron chi connectivity index (χ1n) is 4.58. The lowest BCUT2D eigenvalue weighted by Gasteiger charge is -2.01. The zero-order chi connectivity index (χ0) is 10.1. The highest BCUT2D eigenvalue weighted by Gasteiger charge is 2.08. The van der Waals surface area contributed by atoms with Gasteiger partial charge in [0.2, 0.25) is 0 Å². The summed E-state index contributed by atoms with van der Waals surface area (Å²) in [5.41, 5.74) is 2.33. The van der Waals surface area contributed by atoms with Gasteiger partial charge in [0, 0.05) is 17.6 Å². The lowest BCUT2D eigenvalue weighted by atomic mass is 10.2. The Bertz CT molecular complexity index is 482. The summed E-state index contributed by atoms with van der Waals surface area (Å²) in [7, 11) is 0. The van der Waals surface area contributed by atoms with Crippen molar-refractivity contribution in [2.24, 2.45) is 0 Å². The molecule has 2 aromatic rings. The average Bonchev–Trinajstić information content (AvgIpc) is 2.16. The summed E-state index contributed by atoms with van der Waals surface area (Å²) < 4.78 is 0. The van der Waals surface area contributed by atoms with E-state index in [9.17, 15) is 5.21 Å². The first kappa shape index (κ1) is 8.87. The number of aryl methyl sites for hydroxylation is 2. The second-order valence-corrected chi connectivity index (χ2v) is 3.25. The molecule has 0 aliphatic carbocycles. The van der Waals surface area contributed by atoms with Crippen LogP contribution in [-0.2, 0) is 6.42 Å². The Balaban J connectivity index is 2.77. The van der Waals surface area contributed by atoms with Crippen LogP contribution >= 0.6 is 0 Å². The number of hydrogen-bond donors (Lipinski definition) is 0. The van der Waals surface area contributed by atoms with Crippen LogP contribution in [0.2, 0.25) is 0 Å². The van der Waals surface area contributed by atoms with E-state index < -0.39 is 0 Å². The Morgan fingerprint density at radius 2 is 2.21 bits per heavy atom. The topological polar surface area (TPSA) is 52.7 Å². The van der Waals surface area contributed by atoms with Crippen LogP contribution in [0.3, 0.4) is 0 Å². The van der Waals surface area contributed by atoms with E-state index >= 15 is 0 Å². The van der Waals surface area contributed by atoms with Crippen molar-refractivity contribution >= 4 is 11.0 Å².